The third-order valence-electron chi connectivity index (χ3n) is 3.18. The van der Waals surface area contributed by atoms with Crippen molar-refractivity contribution in [3.8, 4) is 0 Å². The van der Waals surface area contributed by atoms with Crippen LogP contribution in [0, 0.1) is 0 Å². The molecule has 4 nitrogen and oxygen atoms in total. The van der Waals surface area contributed by atoms with Crippen LogP contribution in [0.1, 0.15) is 25.8 Å². The molecule has 1 unspecified atom stereocenters. The van der Waals surface area contributed by atoms with Gasteiger partial charge >= 0.3 is 0 Å². The molecule has 1 aromatic heterocycles. The normalized spacial score (nSPS) is 21.2. The number of thioether (sulfide) groups is 1. The second kappa shape index (κ2) is 7.26. The van der Waals surface area contributed by atoms with Crippen LogP contribution in [0.3, 0.4) is 0 Å². The van der Waals surface area contributed by atoms with Crippen LogP contribution in [-0.4, -0.2) is 43.4 Å². The minimum Gasteiger partial charge on any atom is -0.313 e. The molecular weight excluding hydrogens is 312 g/mol. The van der Waals surface area contributed by atoms with Gasteiger partial charge in [-0.2, -0.15) is 16.1 Å². The number of nitrogens with zero attached hydrogens (tertiary/aromatic N) is 1. The Morgan fingerprint density at radius 3 is 3.00 bits per heavy atom. The fourth-order valence-corrected chi connectivity index (χ4v) is 6.24. The second-order valence-corrected chi connectivity index (χ2v) is 9.62. The van der Waals surface area contributed by atoms with Gasteiger partial charge in [0.05, 0.1) is 0 Å². The molecular formula is C13H22N2O2S3. The van der Waals surface area contributed by atoms with Gasteiger partial charge in [-0.3, -0.25) is 0 Å². The van der Waals surface area contributed by atoms with Gasteiger partial charge in [-0.15, -0.1) is 11.3 Å². The fourth-order valence-electron chi connectivity index (χ4n) is 2.12. The molecule has 0 saturated carbocycles. The Hall–Kier alpha value is -0.0800. The van der Waals surface area contributed by atoms with Gasteiger partial charge in [0, 0.05) is 30.6 Å². The first kappa shape index (κ1) is 16.3. The highest BCUT2D eigenvalue weighted by Gasteiger charge is 2.29. The van der Waals surface area contributed by atoms with Crippen molar-refractivity contribution in [3.63, 3.8) is 0 Å². The van der Waals surface area contributed by atoms with Gasteiger partial charge in [-0.25, -0.2) is 8.42 Å². The minimum atomic E-state index is -3.29. The largest absolute Gasteiger partial charge is 0.313 e. The van der Waals surface area contributed by atoms with Crippen molar-refractivity contribution < 1.29 is 8.42 Å². The maximum absolute atomic E-state index is 12.6. The van der Waals surface area contributed by atoms with Gasteiger partial charge in [-0.1, -0.05) is 13.8 Å². The summed E-state index contributed by atoms with van der Waals surface area (Å²) in [6, 6.07) is 1.81. The Labute approximate surface area is 130 Å². The molecule has 2 heterocycles. The summed E-state index contributed by atoms with van der Waals surface area (Å²) >= 11 is 3.17. The SMILES string of the molecule is CCCNCc1csc(S(=O)(=O)N2CCSC(C)C2)c1. The van der Waals surface area contributed by atoms with Gasteiger partial charge in [0.25, 0.3) is 10.0 Å². The van der Waals surface area contributed by atoms with Crippen molar-refractivity contribution in [2.24, 2.45) is 0 Å². The van der Waals surface area contributed by atoms with Crippen molar-refractivity contribution in [1.29, 1.82) is 0 Å². The second-order valence-electron chi connectivity index (χ2n) is 5.00. The molecule has 2 rings (SSSR count). The van der Waals surface area contributed by atoms with E-state index in [0.29, 0.717) is 22.5 Å². The molecule has 1 fully saturated rings. The number of hydrogen-bond donors (Lipinski definition) is 1. The maximum Gasteiger partial charge on any atom is 0.252 e. The first-order valence-electron chi connectivity index (χ1n) is 6.94. The highest BCUT2D eigenvalue weighted by molar-refractivity contribution is 8.00. The molecule has 0 aliphatic carbocycles. The first-order valence-corrected chi connectivity index (χ1v) is 10.3. The molecule has 0 bridgehead atoms. The Bertz CT molecular complexity index is 527. The van der Waals surface area contributed by atoms with Gasteiger partial charge in [0.15, 0.2) is 0 Å². The summed E-state index contributed by atoms with van der Waals surface area (Å²) in [6.45, 7) is 7.14. The van der Waals surface area contributed by atoms with E-state index >= 15 is 0 Å². The lowest BCUT2D eigenvalue weighted by molar-refractivity contribution is 0.425. The summed E-state index contributed by atoms with van der Waals surface area (Å²) < 4.78 is 27.3. The predicted octanol–water partition coefficient (Wildman–Crippen LogP) is 2.37. The lowest BCUT2D eigenvalue weighted by atomic mass is 10.3. The molecule has 20 heavy (non-hydrogen) atoms. The van der Waals surface area contributed by atoms with Gasteiger partial charge < -0.3 is 5.32 Å². The van der Waals surface area contributed by atoms with E-state index in [1.807, 2.05) is 23.2 Å². The van der Waals surface area contributed by atoms with Gasteiger partial charge in [0.1, 0.15) is 4.21 Å². The van der Waals surface area contributed by atoms with E-state index in [2.05, 4.69) is 19.2 Å². The lowest BCUT2D eigenvalue weighted by Gasteiger charge is -2.29. The molecule has 0 amide bonds. The molecule has 0 radical (unpaired) electrons. The third-order valence-corrected chi connectivity index (χ3v) is 7.65. The standard InChI is InChI=1S/C13H22N2O2S3/c1-3-4-14-8-12-7-13(19-10-12)20(16,17)15-5-6-18-11(2)9-15/h7,10-11,14H,3-6,8-9H2,1-2H3. The van der Waals surface area contributed by atoms with Crippen molar-refractivity contribution in [2.45, 2.75) is 36.3 Å². The zero-order valence-corrected chi connectivity index (χ0v) is 14.4. The van der Waals surface area contributed by atoms with Crippen LogP contribution in [-0.2, 0) is 16.6 Å². The minimum absolute atomic E-state index is 0.379. The number of nitrogens with one attached hydrogen (secondary N) is 1. The van der Waals surface area contributed by atoms with E-state index < -0.39 is 10.0 Å². The highest BCUT2D eigenvalue weighted by atomic mass is 32.2. The number of rotatable bonds is 6. The summed E-state index contributed by atoms with van der Waals surface area (Å²) in [6.07, 6.45) is 1.08. The van der Waals surface area contributed by atoms with E-state index in [-0.39, 0.29) is 0 Å². The average Bonchev–Trinajstić information content (AvgIpc) is 2.88. The molecule has 0 spiro atoms. The summed E-state index contributed by atoms with van der Waals surface area (Å²) in [4.78, 5) is 0. The molecule has 7 heteroatoms. The average molecular weight is 335 g/mol. The molecule has 1 N–H and O–H groups in total. The monoisotopic (exact) mass is 334 g/mol. The Balaban J connectivity index is 2.05. The van der Waals surface area contributed by atoms with Crippen LogP contribution in [0.15, 0.2) is 15.7 Å². The number of hydrogen-bond acceptors (Lipinski definition) is 5. The third kappa shape index (κ3) is 3.98. The predicted molar refractivity (Wildman–Crippen MR) is 87.0 cm³/mol. The molecule has 1 aromatic rings. The lowest BCUT2D eigenvalue weighted by Crippen LogP contribution is -2.40. The first-order chi connectivity index (χ1) is 9.54. The Morgan fingerprint density at radius 1 is 1.50 bits per heavy atom. The van der Waals surface area contributed by atoms with Crippen LogP contribution in [0.2, 0.25) is 0 Å². The highest BCUT2D eigenvalue weighted by Crippen LogP contribution is 2.28. The van der Waals surface area contributed by atoms with Crippen LogP contribution >= 0.6 is 23.1 Å². The maximum atomic E-state index is 12.6. The summed E-state index contributed by atoms with van der Waals surface area (Å²) in [5.74, 6) is 0.886. The number of thiophene rings is 1. The van der Waals surface area contributed by atoms with Crippen molar-refractivity contribution in [2.75, 3.05) is 25.4 Å². The summed E-state index contributed by atoms with van der Waals surface area (Å²) in [5.41, 5.74) is 1.06. The summed E-state index contributed by atoms with van der Waals surface area (Å²) in [7, 11) is -3.29. The molecule has 1 aliphatic rings. The quantitative estimate of drug-likeness (QED) is 0.812. The zero-order valence-electron chi connectivity index (χ0n) is 12.0. The molecule has 114 valence electrons. The van der Waals surface area contributed by atoms with Crippen molar-refractivity contribution in [1.82, 2.24) is 9.62 Å². The van der Waals surface area contributed by atoms with Crippen molar-refractivity contribution >= 4 is 33.1 Å². The number of sulfonamides is 1. The molecule has 1 saturated heterocycles. The van der Waals surface area contributed by atoms with Gasteiger partial charge in [0.2, 0.25) is 0 Å². The van der Waals surface area contributed by atoms with Crippen molar-refractivity contribution in [3.05, 3.63) is 17.0 Å². The van der Waals surface area contributed by atoms with E-state index in [0.717, 1.165) is 30.8 Å². The Kier molecular flexibility index (Phi) is 5.92. The van der Waals surface area contributed by atoms with Crippen LogP contribution < -0.4 is 5.32 Å². The fraction of sp³-hybridized carbons (Fsp3) is 0.692. The van der Waals surface area contributed by atoms with E-state index in [9.17, 15) is 8.42 Å². The zero-order chi connectivity index (χ0) is 14.6. The Morgan fingerprint density at radius 2 is 2.30 bits per heavy atom. The van der Waals surface area contributed by atoms with Crippen LogP contribution in [0.25, 0.3) is 0 Å². The smallest absolute Gasteiger partial charge is 0.252 e. The van der Waals surface area contributed by atoms with E-state index in [1.165, 1.54) is 11.3 Å². The van der Waals surface area contributed by atoms with Crippen LogP contribution in [0.5, 0.6) is 0 Å². The topological polar surface area (TPSA) is 49.4 Å². The van der Waals surface area contributed by atoms with E-state index in [1.54, 1.807) is 4.31 Å². The molecule has 1 atom stereocenters. The summed E-state index contributed by atoms with van der Waals surface area (Å²) in [5, 5.41) is 5.62. The molecule has 1 aliphatic heterocycles. The van der Waals surface area contributed by atoms with Crippen LogP contribution in [0.4, 0.5) is 0 Å². The van der Waals surface area contributed by atoms with E-state index in [4.69, 9.17) is 0 Å². The molecule has 0 aromatic carbocycles. The van der Waals surface area contributed by atoms with Gasteiger partial charge in [-0.05, 0) is 30.0 Å².